The Labute approximate surface area is 118 Å². The summed E-state index contributed by atoms with van der Waals surface area (Å²) >= 11 is 11.7. The van der Waals surface area contributed by atoms with E-state index in [0.29, 0.717) is 5.56 Å². The second-order valence-corrected chi connectivity index (χ2v) is 5.05. The zero-order valence-corrected chi connectivity index (χ0v) is 11.2. The lowest BCUT2D eigenvalue weighted by Crippen LogP contribution is -2.00. The highest BCUT2D eigenvalue weighted by Gasteiger charge is 2.15. The highest BCUT2D eigenvalue weighted by atomic mass is 35.5. The van der Waals surface area contributed by atoms with Crippen LogP contribution in [0.5, 0.6) is 0 Å². The number of alkyl halides is 1. The largest absolute Gasteiger partial charge is 0.207 e. The third kappa shape index (κ3) is 3.43. The fourth-order valence-electron chi connectivity index (χ4n) is 1.74. The van der Waals surface area contributed by atoms with E-state index < -0.39 is 22.8 Å². The zero-order valence-electron chi connectivity index (χ0n) is 9.64. The van der Waals surface area contributed by atoms with E-state index in [4.69, 9.17) is 23.2 Å². The summed E-state index contributed by atoms with van der Waals surface area (Å²) in [4.78, 5) is 0. The second-order valence-electron chi connectivity index (χ2n) is 4.09. The molecule has 0 radical (unpaired) electrons. The smallest absolute Gasteiger partial charge is 0.159 e. The van der Waals surface area contributed by atoms with E-state index in [1.54, 1.807) is 0 Å². The molecule has 2 rings (SSSR count). The summed E-state index contributed by atoms with van der Waals surface area (Å²) in [5, 5.41) is -0.403. The average Bonchev–Trinajstić information content (AvgIpc) is 2.33. The number of benzene rings is 2. The maximum Gasteiger partial charge on any atom is 0.159 e. The van der Waals surface area contributed by atoms with Gasteiger partial charge in [-0.15, -0.1) is 11.6 Å². The molecule has 2 aromatic rings. The first-order valence-corrected chi connectivity index (χ1v) is 6.32. The Hall–Kier alpha value is -1.19. The Morgan fingerprint density at radius 1 is 0.895 bits per heavy atom. The van der Waals surface area contributed by atoms with E-state index in [0.717, 1.165) is 18.2 Å². The summed E-state index contributed by atoms with van der Waals surface area (Å²) in [5.41, 5.74) is 0.768. The SMILES string of the molecule is Fc1ccc(CC(Cl)c2ccc(Cl)cc2F)cc1F. The van der Waals surface area contributed by atoms with Gasteiger partial charge in [0.05, 0.1) is 5.38 Å². The van der Waals surface area contributed by atoms with Crippen LogP contribution in [0.15, 0.2) is 36.4 Å². The van der Waals surface area contributed by atoms with Crippen LogP contribution in [0, 0.1) is 17.5 Å². The molecule has 19 heavy (non-hydrogen) atoms. The van der Waals surface area contributed by atoms with Crippen molar-refractivity contribution in [1.29, 1.82) is 0 Å². The summed E-state index contributed by atoms with van der Waals surface area (Å²) in [7, 11) is 0. The average molecular weight is 305 g/mol. The predicted molar refractivity (Wildman–Crippen MR) is 70.1 cm³/mol. The number of hydrogen-bond acceptors (Lipinski definition) is 0. The van der Waals surface area contributed by atoms with Crippen molar-refractivity contribution in [1.82, 2.24) is 0 Å². The molecule has 100 valence electrons. The first-order chi connectivity index (χ1) is 8.97. The van der Waals surface area contributed by atoms with E-state index in [1.165, 1.54) is 18.2 Å². The molecule has 0 aliphatic rings. The molecule has 0 spiro atoms. The quantitative estimate of drug-likeness (QED) is 0.677. The fourth-order valence-corrected chi connectivity index (χ4v) is 2.25. The maximum absolute atomic E-state index is 13.6. The minimum Gasteiger partial charge on any atom is -0.207 e. The van der Waals surface area contributed by atoms with Gasteiger partial charge in [-0.2, -0.15) is 0 Å². The van der Waals surface area contributed by atoms with Gasteiger partial charge in [0, 0.05) is 10.6 Å². The van der Waals surface area contributed by atoms with Crippen molar-refractivity contribution < 1.29 is 13.2 Å². The normalized spacial score (nSPS) is 12.5. The zero-order chi connectivity index (χ0) is 14.0. The number of rotatable bonds is 3. The van der Waals surface area contributed by atoms with Crippen LogP contribution in [0.4, 0.5) is 13.2 Å². The van der Waals surface area contributed by atoms with E-state index in [2.05, 4.69) is 0 Å². The molecule has 1 unspecified atom stereocenters. The molecule has 0 N–H and O–H groups in total. The Kier molecular flexibility index (Phi) is 4.38. The van der Waals surface area contributed by atoms with Crippen molar-refractivity contribution in [2.45, 2.75) is 11.8 Å². The highest BCUT2D eigenvalue weighted by Crippen LogP contribution is 2.29. The third-order valence-corrected chi connectivity index (χ3v) is 3.32. The fraction of sp³-hybridized carbons (Fsp3) is 0.143. The minimum absolute atomic E-state index is 0.192. The first-order valence-electron chi connectivity index (χ1n) is 5.50. The van der Waals surface area contributed by atoms with Crippen molar-refractivity contribution in [3.8, 4) is 0 Å². The predicted octanol–water partition coefficient (Wildman–Crippen LogP) is 5.28. The topological polar surface area (TPSA) is 0 Å². The molecule has 0 saturated carbocycles. The molecule has 2 aromatic carbocycles. The van der Waals surface area contributed by atoms with Crippen molar-refractivity contribution >= 4 is 23.2 Å². The van der Waals surface area contributed by atoms with Gasteiger partial charge in [0.2, 0.25) is 0 Å². The monoisotopic (exact) mass is 304 g/mol. The van der Waals surface area contributed by atoms with Crippen molar-refractivity contribution in [3.63, 3.8) is 0 Å². The van der Waals surface area contributed by atoms with Crippen LogP contribution in [0.1, 0.15) is 16.5 Å². The van der Waals surface area contributed by atoms with Crippen LogP contribution in [0.25, 0.3) is 0 Å². The lowest BCUT2D eigenvalue weighted by molar-refractivity contribution is 0.507. The van der Waals surface area contributed by atoms with Gasteiger partial charge >= 0.3 is 0 Å². The summed E-state index contributed by atoms with van der Waals surface area (Å²) in [6, 6.07) is 7.67. The molecule has 0 aliphatic carbocycles. The summed E-state index contributed by atoms with van der Waals surface area (Å²) in [5.74, 6) is -2.39. The van der Waals surface area contributed by atoms with Crippen molar-refractivity contribution in [2.75, 3.05) is 0 Å². The van der Waals surface area contributed by atoms with Crippen molar-refractivity contribution in [2.24, 2.45) is 0 Å². The molecular formula is C14H9Cl2F3. The molecule has 0 aliphatic heterocycles. The Morgan fingerprint density at radius 3 is 2.26 bits per heavy atom. The molecular weight excluding hydrogens is 296 g/mol. The van der Waals surface area contributed by atoms with Gasteiger partial charge < -0.3 is 0 Å². The molecule has 0 saturated heterocycles. The summed E-state index contributed by atoms with van der Waals surface area (Å²) in [6.45, 7) is 0. The molecule has 0 aromatic heterocycles. The van der Waals surface area contributed by atoms with Gasteiger partial charge in [-0.1, -0.05) is 23.7 Å². The lowest BCUT2D eigenvalue weighted by atomic mass is 10.0. The van der Waals surface area contributed by atoms with Gasteiger partial charge in [0.25, 0.3) is 0 Å². The molecule has 0 nitrogen and oxygen atoms in total. The molecule has 0 fully saturated rings. The third-order valence-electron chi connectivity index (χ3n) is 2.70. The van der Waals surface area contributed by atoms with Gasteiger partial charge in [-0.05, 0) is 36.2 Å². The molecule has 0 heterocycles. The Balaban J connectivity index is 2.20. The van der Waals surface area contributed by atoms with Crippen LogP contribution < -0.4 is 0 Å². The Bertz CT molecular complexity index is 599. The van der Waals surface area contributed by atoms with Crippen LogP contribution in [-0.4, -0.2) is 0 Å². The first kappa shape index (κ1) is 14.2. The van der Waals surface area contributed by atoms with Gasteiger partial charge in [0.15, 0.2) is 11.6 Å². The summed E-state index contributed by atoms with van der Waals surface area (Å²) in [6.07, 6.45) is 0.192. The Morgan fingerprint density at radius 2 is 1.63 bits per heavy atom. The maximum atomic E-state index is 13.6. The van der Waals surface area contributed by atoms with E-state index in [-0.39, 0.29) is 17.0 Å². The molecule has 0 amide bonds. The van der Waals surface area contributed by atoms with Crippen LogP contribution in [0.2, 0.25) is 5.02 Å². The van der Waals surface area contributed by atoms with Crippen molar-refractivity contribution in [3.05, 3.63) is 70.0 Å². The van der Waals surface area contributed by atoms with Gasteiger partial charge in [0.1, 0.15) is 5.82 Å². The molecule has 5 heteroatoms. The van der Waals surface area contributed by atoms with Crippen LogP contribution in [0.3, 0.4) is 0 Å². The summed E-state index contributed by atoms with van der Waals surface area (Å²) < 4.78 is 39.5. The highest BCUT2D eigenvalue weighted by molar-refractivity contribution is 6.30. The van der Waals surface area contributed by atoms with Crippen LogP contribution in [-0.2, 0) is 6.42 Å². The van der Waals surface area contributed by atoms with Crippen LogP contribution >= 0.6 is 23.2 Å². The van der Waals surface area contributed by atoms with E-state index >= 15 is 0 Å². The number of hydrogen-bond donors (Lipinski definition) is 0. The lowest BCUT2D eigenvalue weighted by Gasteiger charge is -2.11. The number of halogens is 5. The standard InChI is InChI=1S/C14H9Cl2F3/c15-9-2-3-10(13(18)7-9)11(16)5-8-1-4-12(17)14(19)6-8/h1-4,6-7,11H,5H2. The van der Waals surface area contributed by atoms with E-state index in [1.807, 2.05) is 0 Å². The minimum atomic E-state index is -0.946. The second kappa shape index (κ2) is 5.85. The van der Waals surface area contributed by atoms with Gasteiger partial charge in [-0.25, -0.2) is 13.2 Å². The molecule has 1 atom stereocenters. The molecule has 0 bridgehead atoms. The van der Waals surface area contributed by atoms with Gasteiger partial charge in [-0.3, -0.25) is 0 Å². The van der Waals surface area contributed by atoms with E-state index in [9.17, 15) is 13.2 Å².